The number of aromatic amines is 1. The molecule has 2 saturated carbocycles. The fourth-order valence-corrected chi connectivity index (χ4v) is 12.5. The lowest BCUT2D eigenvalue weighted by Crippen LogP contribution is -2.21. The standard InChI is InChI=1S/C21H25F2N7O.2C19H21F2N7.C17H19F2N7/c1-12-9-20(29-30(12)15-5-7-31-8-6-15)26-19-11-18(27-21(24)28-19)25-13(2)16-4-3-14(22)10-17(16)23;1-10(13-6-5-12(20)7-14(13)21)23-16-9-17(26-19(22)25-16)24-18-8-15(11-3-4-11)28(2)27-18;1-10(13-6-5-12(20)7-14(13)21)23-16-9-17(25-19(22)24-16)28(2)18-8-15(26-27-18)11-3-4-11;1-9-6-16(25-26(9)3)22-15-8-14(23-17(20)24-15)21-10(2)12-5-4-11(18)7-13(12)19/h3-4,9-11,13,15H,5-8H2,1-2H3,(H4,24,25,26,27,28,29);5-11H,3-4H2,1-2H3,(H4,22,23,24,25,26,27);5-11H,3-4H2,1-2H3,(H,26,27)(H3,22,23,24,25);4-8,10H,1-3H3,(H4,20,21,22,23,24,25). The van der Waals surface area contributed by atoms with Gasteiger partial charge in [0.05, 0.1) is 30.2 Å². The van der Waals surface area contributed by atoms with Crippen molar-refractivity contribution in [3.05, 3.63) is 213 Å². The Kier molecular flexibility index (Phi) is 24.6. The number of hydrogen-bond acceptors (Lipinski definition) is 25. The summed E-state index contributed by atoms with van der Waals surface area (Å²) in [6.45, 7) is 12.4. The third-order valence-electron chi connectivity index (χ3n) is 18.7. The number of H-pyrrole nitrogens is 1. The van der Waals surface area contributed by atoms with Gasteiger partial charge in [0.2, 0.25) is 23.8 Å². The molecule has 0 radical (unpaired) electrons. The lowest BCUT2D eigenvalue weighted by molar-refractivity contribution is 0.0657. The number of hydrogen-bond donors (Lipinski definition) is 12. The number of benzene rings is 4. The fraction of sp³-hybridized carbons (Fsp3) is 0.316. The van der Waals surface area contributed by atoms with E-state index in [2.05, 4.69) is 103 Å². The van der Waals surface area contributed by atoms with E-state index in [1.807, 2.05) is 68.6 Å². The Morgan fingerprint density at radius 2 is 0.770 bits per heavy atom. The van der Waals surface area contributed by atoms with Crippen LogP contribution < -0.4 is 65.1 Å². The molecule has 12 aromatic rings. The lowest BCUT2D eigenvalue weighted by atomic mass is 10.1. The summed E-state index contributed by atoms with van der Waals surface area (Å²) in [5.41, 5.74) is 28.9. The Morgan fingerprint density at radius 3 is 1.16 bits per heavy atom. The van der Waals surface area contributed by atoms with Crippen LogP contribution in [0.2, 0.25) is 0 Å². The van der Waals surface area contributed by atoms with Gasteiger partial charge in [0.15, 0.2) is 23.3 Å². The van der Waals surface area contributed by atoms with E-state index in [9.17, 15) is 35.1 Å². The van der Waals surface area contributed by atoms with Crippen molar-refractivity contribution in [3.63, 3.8) is 0 Å². The number of halogens is 8. The van der Waals surface area contributed by atoms with Crippen molar-refractivity contribution < 1.29 is 39.9 Å². The number of aryl methyl sites for hydroxylation is 4. The van der Waals surface area contributed by atoms with Crippen LogP contribution in [0.1, 0.15) is 153 Å². The highest BCUT2D eigenvalue weighted by molar-refractivity contribution is 5.64. The quantitative estimate of drug-likeness (QED) is 0.0265. The van der Waals surface area contributed by atoms with Crippen molar-refractivity contribution in [2.75, 3.05) is 85.3 Å². The molecule has 4 atom stereocenters. The van der Waals surface area contributed by atoms with Gasteiger partial charge in [-0.25, -0.2) is 35.1 Å². The molecule has 3 aliphatic rings. The molecule has 1 aliphatic heterocycles. The van der Waals surface area contributed by atoms with Crippen LogP contribution in [0.3, 0.4) is 0 Å². The summed E-state index contributed by atoms with van der Waals surface area (Å²) in [6.07, 6.45) is 6.58. The van der Waals surface area contributed by atoms with Crippen LogP contribution in [-0.2, 0) is 18.8 Å². The van der Waals surface area contributed by atoms with E-state index in [0.717, 1.165) is 73.2 Å². The number of rotatable bonds is 23. The van der Waals surface area contributed by atoms with Crippen molar-refractivity contribution in [3.8, 4) is 0 Å². The van der Waals surface area contributed by atoms with Gasteiger partial charge in [-0.3, -0.25) is 19.1 Å². The van der Waals surface area contributed by atoms with Gasteiger partial charge in [-0.15, -0.1) is 0 Å². The number of nitrogen functional groups attached to an aromatic ring is 4. The van der Waals surface area contributed by atoms with Crippen LogP contribution >= 0.6 is 0 Å². The molecule has 0 spiro atoms. The Balaban J connectivity index is 0.000000140. The molecule has 0 bridgehead atoms. The second-order valence-corrected chi connectivity index (χ2v) is 27.6. The molecule has 2 aliphatic carbocycles. The SMILES string of the molecule is CC(Nc1cc(N(C)c2cc(C3CC3)[nH]n2)nc(N)n1)c1ccc(F)cc1F.CC(Nc1cc(Nc2cc(C3CC3)n(C)n2)nc(N)n1)c1ccc(F)cc1F.Cc1cc(Nc2cc(NC(C)c3ccc(F)cc3F)nc(N)n2)nn1C.Cc1cc(Nc2cc(NC(C)c3ccc(F)cc3F)nc(N)n2)nn1C1CCOCC1. The molecule has 4 unspecified atom stereocenters. The van der Waals surface area contributed by atoms with Crippen LogP contribution in [0, 0.1) is 60.4 Å². The fourth-order valence-electron chi connectivity index (χ4n) is 12.5. The average Bonchev–Trinajstić information content (AvgIpc) is 1.67. The molecule has 9 heterocycles. The molecule has 113 heavy (non-hydrogen) atoms. The first-order valence-electron chi connectivity index (χ1n) is 36.2. The first-order valence-corrected chi connectivity index (χ1v) is 36.2. The van der Waals surface area contributed by atoms with Crippen molar-refractivity contribution in [2.24, 2.45) is 14.1 Å². The molecule has 15 rings (SSSR count). The van der Waals surface area contributed by atoms with Gasteiger partial charge >= 0.3 is 0 Å². The predicted octanol–water partition coefficient (Wildman–Crippen LogP) is 15.1. The normalized spacial score (nSPS) is 14.3. The van der Waals surface area contributed by atoms with Crippen LogP contribution in [0.5, 0.6) is 0 Å². The van der Waals surface area contributed by atoms with E-state index >= 15 is 0 Å². The van der Waals surface area contributed by atoms with E-state index < -0.39 is 70.7 Å². The molecular formula is C76H86F8N28O. The first-order chi connectivity index (χ1) is 54.0. The van der Waals surface area contributed by atoms with Gasteiger partial charge in [-0.1, -0.05) is 24.3 Å². The third-order valence-corrected chi connectivity index (χ3v) is 18.7. The third kappa shape index (κ3) is 21.1. The van der Waals surface area contributed by atoms with Crippen molar-refractivity contribution in [1.29, 1.82) is 0 Å². The molecule has 29 nitrogen and oxygen atoms in total. The molecule has 1 saturated heterocycles. The molecule has 592 valence electrons. The molecule has 0 amide bonds. The number of ether oxygens (including phenoxy) is 1. The number of nitrogens with one attached hydrogen (secondary N) is 8. The minimum absolute atomic E-state index is 0.0527. The number of anilines is 16. The maximum Gasteiger partial charge on any atom is 0.223 e. The zero-order valence-corrected chi connectivity index (χ0v) is 63.1. The van der Waals surface area contributed by atoms with Gasteiger partial charge in [-0.05, 0) is 104 Å². The number of aromatic nitrogens is 16. The summed E-state index contributed by atoms with van der Waals surface area (Å²) >= 11 is 0. The van der Waals surface area contributed by atoms with E-state index in [1.54, 1.807) is 61.5 Å². The summed E-state index contributed by atoms with van der Waals surface area (Å²) in [4.78, 5) is 35.2. The second kappa shape index (κ2) is 34.9. The molecule has 37 heteroatoms. The molecular weight excluding hydrogens is 1470 g/mol. The summed E-state index contributed by atoms with van der Waals surface area (Å²) in [5, 5.41) is 42.4. The van der Waals surface area contributed by atoms with E-state index in [-0.39, 0.29) is 23.8 Å². The van der Waals surface area contributed by atoms with Crippen molar-refractivity contribution in [1.82, 2.24) is 79.4 Å². The maximum atomic E-state index is 14.1. The Bertz CT molecular complexity index is 5290. The Hall–Kier alpha value is -13.0. The minimum Gasteiger partial charge on any atom is -0.381 e. The smallest absolute Gasteiger partial charge is 0.223 e. The summed E-state index contributed by atoms with van der Waals surface area (Å²) < 4.78 is 120. The maximum absolute atomic E-state index is 14.1. The molecule has 8 aromatic heterocycles. The first kappa shape index (κ1) is 79.6. The van der Waals surface area contributed by atoms with Gasteiger partial charge < -0.3 is 69.8 Å². The monoisotopic (exact) mass is 1560 g/mol. The summed E-state index contributed by atoms with van der Waals surface area (Å²) in [5.74, 6) is 2.67. The second-order valence-electron chi connectivity index (χ2n) is 27.6. The largest absolute Gasteiger partial charge is 0.381 e. The topological polar surface area (TPSA) is 386 Å². The predicted molar refractivity (Wildman–Crippen MR) is 417 cm³/mol. The summed E-state index contributed by atoms with van der Waals surface area (Å²) in [7, 11) is 5.58. The molecule has 4 aromatic carbocycles. The number of nitrogens with zero attached hydrogens (tertiary/aromatic N) is 16. The van der Waals surface area contributed by atoms with Gasteiger partial charge in [0.25, 0.3) is 0 Å². The van der Waals surface area contributed by atoms with Gasteiger partial charge in [0, 0.05) is 164 Å². The average molecular weight is 1560 g/mol. The lowest BCUT2D eigenvalue weighted by Gasteiger charge is -2.23. The highest BCUT2D eigenvalue weighted by Gasteiger charge is 2.29. The van der Waals surface area contributed by atoms with E-state index in [0.29, 0.717) is 104 Å². The Labute approximate surface area is 644 Å². The minimum atomic E-state index is -0.630. The number of nitrogens with two attached hydrogens (primary N) is 4. The molecule has 3 fully saturated rings. The zero-order chi connectivity index (χ0) is 80.5. The van der Waals surface area contributed by atoms with Crippen molar-refractivity contribution >= 4 is 93.6 Å². The highest BCUT2D eigenvalue weighted by atomic mass is 19.2. The Morgan fingerprint density at radius 1 is 0.407 bits per heavy atom. The van der Waals surface area contributed by atoms with E-state index in [1.165, 1.54) is 79.9 Å². The van der Waals surface area contributed by atoms with Crippen LogP contribution in [-0.4, -0.2) is 99.7 Å². The van der Waals surface area contributed by atoms with Crippen LogP contribution in [0.4, 0.5) is 129 Å². The summed E-state index contributed by atoms with van der Waals surface area (Å²) in [6, 6.07) is 26.9. The van der Waals surface area contributed by atoms with Gasteiger partial charge in [-0.2, -0.15) is 60.3 Å². The van der Waals surface area contributed by atoms with Crippen molar-refractivity contribution in [2.45, 2.75) is 122 Å². The molecule has 16 N–H and O–H groups in total. The van der Waals surface area contributed by atoms with Gasteiger partial charge in [0.1, 0.15) is 93.1 Å². The highest BCUT2D eigenvalue weighted by Crippen LogP contribution is 2.42. The zero-order valence-electron chi connectivity index (χ0n) is 63.1. The van der Waals surface area contributed by atoms with Crippen LogP contribution in [0.25, 0.3) is 0 Å². The van der Waals surface area contributed by atoms with E-state index in [4.69, 9.17) is 27.7 Å². The van der Waals surface area contributed by atoms with Crippen LogP contribution in [0.15, 0.2) is 121 Å².